The summed E-state index contributed by atoms with van der Waals surface area (Å²) in [7, 11) is 0. The van der Waals surface area contributed by atoms with E-state index in [0.717, 1.165) is 12.1 Å². The molecule has 3 nitrogen and oxygen atoms in total. The van der Waals surface area contributed by atoms with Crippen LogP contribution >= 0.6 is 39.9 Å². The van der Waals surface area contributed by atoms with Crippen LogP contribution in [0.1, 0.15) is 31.1 Å². The summed E-state index contributed by atoms with van der Waals surface area (Å²) in [6, 6.07) is 11.7. The number of carbonyl (C=O) groups is 1. The molecule has 1 aliphatic heterocycles. The first-order chi connectivity index (χ1) is 11.6. The summed E-state index contributed by atoms with van der Waals surface area (Å²) in [5, 5.41) is 0. The van der Waals surface area contributed by atoms with E-state index in [-0.39, 0.29) is 5.91 Å². The monoisotopic (exact) mass is 421 g/mol. The lowest BCUT2D eigenvalue weighted by Crippen LogP contribution is -2.27. The third-order valence-corrected chi connectivity index (χ3v) is 5.40. The number of thiocarbonyl (C=S) groups is 1. The molecular formula is C18H16BrNO2S2. The van der Waals surface area contributed by atoms with Crippen molar-refractivity contribution >= 4 is 61.9 Å². The molecule has 2 heterocycles. The van der Waals surface area contributed by atoms with E-state index in [9.17, 15) is 4.79 Å². The molecule has 0 atom stereocenters. The van der Waals surface area contributed by atoms with E-state index in [1.54, 1.807) is 23.1 Å². The maximum atomic E-state index is 12.7. The molecule has 1 aromatic heterocycles. The van der Waals surface area contributed by atoms with Crippen LogP contribution in [0.3, 0.4) is 0 Å². The molecule has 1 saturated heterocycles. The van der Waals surface area contributed by atoms with Crippen LogP contribution in [0.4, 0.5) is 5.69 Å². The van der Waals surface area contributed by atoms with Gasteiger partial charge in [-0.1, -0.05) is 49.5 Å². The molecule has 6 heteroatoms. The zero-order valence-electron chi connectivity index (χ0n) is 13.1. The normalized spacial score (nSPS) is 16.4. The molecule has 0 unspecified atom stereocenters. The second-order valence-electron chi connectivity index (χ2n) is 5.43. The first-order valence-corrected chi connectivity index (χ1v) is 9.72. The summed E-state index contributed by atoms with van der Waals surface area (Å²) in [4.78, 5) is 14.8. The van der Waals surface area contributed by atoms with Crippen molar-refractivity contribution in [3.05, 3.63) is 57.3 Å². The molecule has 2 aromatic rings. The van der Waals surface area contributed by atoms with Gasteiger partial charge < -0.3 is 4.42 Å². The van der Waals surface area contributed by atoms with Gasteiger partial charge in [0.05, 0.1) is 10.6 Å². The zero-order chi connectivity index (χ0) is 17.1. The number of hydrogen-bond acceptors (Lipinski definition) is 4. The van der Waals surface area contributed by atoms with Crippen LogP contribution in [0.15, 0.2) is 50.4 Å². The molecule has 24 heavy (non-hydrogen) atoms. The summed E-state index contributed by atoms with van der Waals surface area (Å²) < 4.78 is 6.61. The van der Waals surface area contributed by atoms with Crippen molar-refractivity contribution < 1.29 is 9.21 Å². The summed E-state index contributed by atoms with van der Waals surface area (Å²) in [5.41, 5.74) is 2.09. The van der Waals surface area contributed by atoms with Gasteiger partial charge in [0.2, 0.25) is 0 Å². The van der Waals surface area contributed by atoms with Gasteiger partial charge in [0.25, 0.3) is 5.91 Å². The first kappa shape index (κ1) is 17.5. The van der Waals surface area contributed by atoms with Crippen molar-refractivity contribution in [3.8, 4) is 0 Å². The highest BCUT2D eigenvalue weighted by Crippen LogP contribution is 2.36. The summed E-state index contributed by atoms with van der Waals surface area (Å²) >= 11 is 9.94. The molecule has 0 saturated carbocycles. The smallest absolute Gasteiger partial charge is 0.270 e. The van der Waals surface area contributed by atoms with E-state index in [0.29, 0.717) is 19.7 Å². The van der Waals surface area contributed by atoms with Crippen LogP contribution in [0, 0.1) is 0 Å². The minimum absolute atomic E-state index is 0.112. The Hall–Kier alpha value is -1.37. The number of amides is 1. The summed E-state index contributed by atoms with van der Waals surface area (Å²) in [6.07, 6.45) is 5.12. The lowest BCUT2D eigenvalue weighted by molar-refractivity contribution is -0.113. The van der Waals surface area contributed by atoms with Gasteiger partial charge in [0.1, 0.15) is 5.76 Å². The molecule has 0 spiro atoms. The number of hydrogen-bond donors (Lipinski definition) is 0. The minimum atomic E-state index is -0.112. The standard InChI is InChI=1S/C18H16BrNO2S2/c1-2-3-4-12-5-7-13(8-6-12)20-17(21)15(24-18(20)23)11-14-9-10-16(19)22-14/h5-11H,2-4H2,1H3/b15-11+. The molecule has 124 valence electrons. The quantitative estimate of drug-likeness (QED) is 0.451. The van der Waals surface area contributed by atoms with Crippen LogP contribution < -0.4 is 4.90 Å². The highest BCUT2D eigenvalue weighted by atomic mass is 79.9. The van der Waals surface area contributed by atoms with Gasteiger partial charge in [-0.15, -0.1) is 0 Å². The second kappa shape index (κ2) is 7.68. The Bertz CT molecular complexity index is 796. The third-order valence-electron chi connectivity index (χ3n) is 3.67. The van der Waals surface area contributed by atoms with E-state index >= 15 is 0 Å². The molecule has 1 aliphatic rings. The van der Waals surface area contributed by atoms with Crippen LogP contribution in [-0.2, 0) is 11.2 Å². The van der Waals surface area contributed by atoms with Crippen LogP contribution in [-0.4, -0.2) is 10.2 Å². The zero-order valence-corrected chi connectivity index (χ0v) is 16.3. The Morgan fingerprint density at radius 2 is 2.00 bits per heavy atom. The van der Waals surface area contributed by atoms with Crippen molar-refractivity contribution in [3.63, 3.8) is 0 Å². The molecule has 0 aliphatic carbocycles. The lowest BCUT2D eigenvalue weighted by Gasteiger charge is -2.15. The van der Waals surface area contributed by atoms with Crippen molar-refractivity contribution in [1.29, 1.82) is 0 Å². The van der Waals surface area contributed by atoms with Crippen LogP contribution in [0.2, 0.25) is 0 Å². The number of benzene rings is 1. The van der Waals surface area contributed by atoms with Crippen molar-refractivity contribution in [2.45, 2.75) is 26.2 Å². The second-order valence-corrected chi connectivity index (χ2v) is 7.89. The van der Waals surface area contributed by atoms with Crippen molar-refractivity contribution in [2.75, 3.05) is 4.90 Å². The molecule has 0 radical (unpaired) electrons. The van der Waals surface area contributed by atoms with E-state index in [4.69, 9.17) is 16.6 Å². The van der Waals surface area contributed by atoms with E-state index < -0.39 is 0 Å². The van der Waals surface area contributed by atoms with Gasteiger partial charge in [-0.2, -0.15) is 0 Å². The topological polar surface area (TPSA) is 33.5 Å². The first-order valence-electron chi connectivity index (χ1n) is 7.70. The number of unbranched alkanes of at least 4 members (excludes halogenated alkanes) is 1. The molecule has 0 N–H and O–H groups in total. The number of halogens is 1. The molecule has 3 rings (SSSR count). The number of nitrogens with zero attached hydrogens (tertiary/aromatic N) is 1. The molecular weight excluding hydrogens is 406 g/mol. The average Bonchev–Trinajstić information content (AvgIpc) is 3.10. The van der Waals surface area contributed by atoms with Gasteiger partial charge in [-0.3, -0.25) is 9.69 Å². The summed E-state index contributed by atoms with van der Waals surface area (Å²) in [5.74, 6) is 0.510. The third kappa shape index (κ3) is 3.82. The Kier molecular flexibility index (Phi) is 5.58. The average molecular weight is 422 g/mol. The predicted molar refractivity (Wildman–Crippen MR) is 107 cm³/mol. The Morgan fingerprint density at radius 3 is 2.62 bits per heavy atom. The van der Waals surface area contributed by atoms with Crippen LogP contribution in [0.5, 0.6) is 0 Å². The molecule has 1 amide bonds. The van der Waals surface area contributed by atoms with Gasteiger partial charge in [0.15, 0.2) is 8.99 Å². The molecule has 1 fully saturated rings. The highest BCUT2D eigenvalue weighted by molar-refractivity contribution is 9.10. The van der Waals surface area contributed by atoms with Gasteiger partial charge in [-0.05, 0) is 58.6 Å². The van der Waals surface area contributed by atoms with E-state index in [2.05, 4.69) is 35.0 Å². The lowest BCUT2D eigenvalue weighted by atomic mass is 10.1. The number of furan rings is 1. The Morgan fingerprint density at radius 1 is 1.25 bits per heavy atom. The maximum absolute atomic E-state index is 12.7. The number of rotatable bonds is 5. The SMILES string of the molecule is CCCCc1ccc(N2C(=O)/C(=C\c3ccc(Br)o3)SC2=S)cc1. The predicted octanol–water partition coefficient (Wildman–Crippen LogP) is 5.79. The van der Waals surface area contributed by atoms with Crippen molar-refractivity contribution in [1.82, 2.24) is 0 Å². The number of carbonyl (C=O) groups excluding carboxylic acids is 1. The fourth-order valence-electron chi connectivity index (χ4n) is 2.42. The highest BCUT2D eigenvalue weighted by Gasteiger charge is 2.33. The van der Waals surface area contributed by atoms with Crippen LogP contribution in [0.25, 0.3) is 6.08 Å². The van der Waals surface area contributed by atoms with Gasteiger partial charge in [0, 0.05) is 6.08 Å². The van der Waals surface area contributed by atoms with Gasteiger partial charge >= 0.3 is 0 Å². The number of thioether (sulfide) groups is 1. The molecule has 1 aromatic carbocycles. The minimum Gasteiger partial charge on any atom is -0.450 e. The number of aryl methyl sites for hydroxylation is 1. The van der Waals surface area contributed by atoms with E-state index in [1.807, 2.05) is 12.1 Å². The molecule has 0 bridgehead atoms. The fraction of sp³-hybridized carbons (Fsp3) is 0.222. The Balaban J connectivity index is 1.80. The van der Waals surface area contributed by atoms with Gasteiger partial charge in [-0.25, -0.2) is 0 Å². The van der Waals surface area contributed by atoms with E-state index in [1.165, 1.54) is 30.2 Å². The largest absolute Gasteiger partial charge is 0.450 e. The fourth-order valence-corrected chi connectivity index (χ4v) is 4.02. The Labute approximate surface area is 159 Å². The summed E-state index contributed by atoms with van der Waals surface area (Å²) in [6.45, 7) is 2.18. The maximum Gasteiger partial charge on any atom is 0.270 e. The van der Waals surface area contributed by atoms with Crippen molar-refractivity contribution in [2.24, 2.45) is 0 Å². The number of anilines is 1.